The highest BCUT2D eigenvalue weighted by Crippen LogP contribution is 2.16. The van der Waals surface area contributed by atoms with Crippen LogP contribution in [0.25, 0.3) is 11.3 Å². The second-order valence-electron chi connectivity index (χ2n) is 6.23. The summed E-state index contributed by atoms with van der Waals surface area (Å²) in [6.07, 6.45) is 2.24. The second kappa shape index (κ2) is 9.00. The number of carbonyl (C=O) groups excluding carboxylic acids is 1. The summed E-state index contributed by atoms with van der Waals surface area (Å²) >= 11 is 0. The molecule has 0 radical (unpaired) electrons. The number of furan rings is 1. The van der Waals surface area contributed by atoms with E-state index in [2.05, 4.69) is 10.3 Å². The number of hydrogen-bond donors (Lipinski definition) is 2. The van der Waals surface area contributed by atoms with Crippen molar-refractivity contribution >= 4 is 5.91 Å². The van der Waals surface area contributed by atoms with Crippen LogP contribution in [-0.2, 0) is 11.3 Å². The molecule has 0 unspecified atom stereocenters. The topological polar surface area (TPSA) is 84.3 Å². The molecule has 1 aromatic carbocycles. The van der Waals surface area contributed by atoms with Crippen molar-refractivity contribution in [1.29, 1.82) is 0 Å². The molecule has 140 valence electrons. The Kier molecular flexibility index (Phi) is 6.22. The fourth-order valence-corrected chi connectivity index (χ4v) is 2.67. The molecule has 2 heterocycles. The number of benzene rings is 1. The van der Waals surface area contributed by atoms with Gasteiger partial charge < -0.3 is 19.5 Å². The third kappa shape index (κ3) is 5.18. The number of hydrogen-bond acceptors (Lipinski definition) is 4. The molecular formula is C21H22N2O4. The third-order valence-electron chi connectivity index (χ3n) is 4.06. The molecule has 0 saturated carbocycles. The Morgan fingerprint density at radius 1 is 1.19 bits per heavy atom. The Morgan fingerprint density at radius 2 is 2.07 bits per heavy atom. The molecule has 27 heavy (non-hydrogen) atoms. The number of nitrogens with one attached hydrogen (secondary N) is 2. The summed E-state index contributed by atoms with van der Waals surface area (Å²) in [7, 11) is 0. The van der Waals surface area contributed by atoms with Crippen molar-refractivity contribution in [3.63, 3.8) is 0 Å². The van der Waals surface area contributed by atoms with Crippen molar-refractivity contribution in [2.45, 2.75) is 20.0 Å². The predicted molar refractivity (Wildman–Crippen MR) is 103 cm³/mol. The van der Waals surface area contributed by atoms with Gasteiger partial charge in [0, 0.05) is 18.8 Å². The van der Waals surface area contributed by atoms with Crippen molar-refractivity contribution in [3.05, 3.63) is 82.0 Å². The number of carbonyl (C=O) groups is 1. The first-order chi connectivity index (χ1) is 13.1. The van der Waals surface area contributed by atoms with Crippen LogP contribution in [0.15, 0.2) is 64.0 Å². The van der Waals surface area contributed by atoms with Gasteiger partial charge in [0.15, 0.2) is 0 Å². The molecule has 6 nitrogen and oxygen atoms in total. The zero-order chi connectivity index (χ0) is 19.1. The molecule has 1 amide bonds. The minimum absolute atomic E-state index is 0.0999. The van der Waals surface area contributed by atoms with Gasteiger partial charge in [-0.25, -0.2) is 0 Å². The molecular weight excluding hydrogens is 344 g/mol. The number of pyridine rings is 1. The maximum atomic E-state index is 12.3. The summed E-state index contributed by atoms with van der Waals surface area (Å²) in [6.45, 7) is 3.31. The third-order valence-corrected chi connectivity index (χ3v) is 4.06. The largest absolute Gasteiger partial charge is 0.467 e. The molecule has 0 fully saturated rings. The van der Waals surface area contributed by atoms with E-state index in [0.29, 0.717) is 31.9 Å². The van der Waals surface area contributed by atoms with Crippen molar-refractivity contribution < 1.29 is 13.9 Å². The van der Waals surface area contributed by atoms with Crippen LogP contribution in [0.4, 0.5) is 0 Å². The van der Waals surface area contributed by atoms with E-state index in [9.17, 15) is 9.59 Å². The Bertz CT molecular complexity index is 945. The first-order valence-corrected chi connectivity index (χ1v) is 8.82. The van der Waals surface area contributed by atoms with E-state index < -0.39 is 11.5 Å². The molecule has 2 N–H and O–H groups in total. The van der Waals surface area contributed by atoms with Crippen LogP contribution < -0.4 is 10.9 Å². The van der Waals surface area contributed by atoms with Gasteiger partial charge in [0.25, 0.3) is 11.5 Å². The number of rotatable bonds is 8. The minimum Gasteiger partial charge on any atom is -0.467 e. The predicted octanol–water partition coefficient (Wildman–Crippen LogP) is 3.28. The summed E-state index contributed by atoms with van der Waals surface area (Å²) in [4.78, 5) is 27.2. The molecule has 0 saturated heterocycles. The molecule has 0 spiro atoms. The van der Waals surface area contributed by atoms with Gasteiger partial charge in [-0.15, -0.1) is 0 Å². The Hall–Kier alpha value is -3.12. The Labute approximate surface area is 157 Å². The van der Waals surface area contributed by atoms with Crippen LogP contribution >= 0.6 is 0 Å². The molecule has 6 heteroatoms. The van der Waals surface area contributed by atoms with Gasteiger partial charge in [-0.05, 0) is 49.2 Å². The molecule has 3 rings (SSSR count). The van der Waals surface area contributed by atoms with Crippen LogP contribution in [0.5, 0.6) is 0 Å². The molecule has 0 atom stereocenters. The number of aromatic nitrogens is 1. The maximum Gasteiger partial charge on any atom is 0.261 e. The van der Waals surface area contributed by atoms with Crippen molar-refractivity contribution in [1.82, 2.24) is 10.3 Å². The number of amides is 1. The molecule has 2 aromatic heterocycles. The lowest BCUT2D eigenvalue weighted by atomic mass is 10.1. The van der Waals surface area contributed by atoms with Crippen LogP contribution in [0, 0.1) is 6.92 Å². The maximum absolute atomic E-state index is 12.3. The van der Waals surface area contributed by atoms with Gasteiger partial charge in [-0.2, -0.15) is 0 Å². The van der Waals surface area contributed by atoms with Crippen LogP contribution in [0.1, 0.15) is 28.1 Å². The first kappa shape index (κ1) is 18.7. The average Bonchev–Trinajstić information content (AvgIpc) is 3.17. The fourth-order valence-electron chi connectivity index (χ4n) is 2.67. The van der Waals surface area contributed by atoms with E-state index in [1.54, 1.807) is 24.5 Å². The van der Waals surface area contributed by atoms with Crippen molar-refractivity contribution in [2.75, 3.05) is 13.2 Å². The highest BCUT2D eigenvalue weighted by atomic mass is 16.5. The minimum atomic E-state index is -0.402. The smallest absolute Gasteiger partial charge is 0.261 e. The van der Waals surface area contributed by atoms with E-state index in [0.717, 1.165) is 16.9 Å². The second-order valence-corrected chi connectivity index (χ2v) is 6.23. The van der Waals surface area contributed by atoms with Crippen LogP contribution in [-0.4, -0.2) is 24.0 Å². The molecule has 0 aliphatic heterocycles. The van der Waals surface area contributed by atoms with E-state index >= 15 is 0 Å². The highest BCUT2D eigenvalue weighted by molar-refractivity contribution is 5.94. The summed E-state index contributed by atoms with van der Waals surface area (Å²) in [5, 5.41) is 2.74. The van der Waals surface area contributed by atoms with E-state index in [-0.39, 0.29) is 5.56 Å². The normalized spacial score (nSPS) is 10.7. The molecule has 0 aliphatic rings. The molecule has 0 bridgehead atoms. The fraction of sp³-hybridized carbons (Fsp3) is 0.238. The van der Waals surface area contributed by atoms with Crippen molar-refractivity contribution in [3.8, 4) is 11.3 Å². The van der Waals surface area contributed by atoms with Gasteiger partial charge >= 0.3 is 0 Å². The van der Waals surface area contributed by atoms with Crippen LogP contribution in [0.3, 0.4) is 0 Å². The molecule has 3 aromatic rings. The lowest BCUT2D eigenvalue weighted by Gasteiger charge is -2.07. The number of aromatic amines is 1. The Balaban J connectivity index is 1.49. The quantitative estimate of drug-likeness (QED) is 0.599. The molecule has 0 aliphatic carbocycles. The van der Waals surface area contributed by atoms with Gasteiger partial charge in [0.2, 0.25) is 0 Å². The Morgan fingerprint density at radius 3 is 2.81 bits per heavy atom. The average molecular weight is 366 g/mol. The van der Waals surface area contributed by atoms with Gasteiger partial charge in [0.1, 0.15) is 17.9 Å². The van der Waals surface area contributed by atoms with Gasteiger partial charge in [-0.3, -0.25) is 9.59 Å². The first-order valence-electron chi connectivity index (χ1n) is 8.82. The van der Waals surface area contributed by atoms with E-state index in [4.69, 9.17) is 9.15 Å². The number of H-pyrrole nitrogens is 1. The lowest BCUT2D eigenvalue weighted by molar-refractivity contribution is 0.0916. The number of ether oxygens (including phenoxy) is 1. The zero-order valence-corrected chi connectivity index (χ0v) is 15.2. The van der Waals surface area contributed by atoms with Gasteiger partial charge in [-0.1, -0.05) is 23.8 Å². The summed E-state index contributed by atoms with van der Waals surface area (Å²) in [5.74, 6) is 0.373. The summed E-state index contributed by atoms with van der Waals surface area (Å²) in [6, 6.07) is 14.8. The standard InChI is InChI=1S/C21H22N2O4/c1-15-5-2-6-16(13-15)19-9-8-18(21(25)23-19)20(24)22-10-4-11-26-14-17-7-3-12-27-17/h2-3,5-9,12-13H,4,10-11,14H2,1H3,(H,22,24)(H,23,25). The zero-order valence-electron chi connectivity index (χ0n) is 15.2. The van der Waals surface area contributed by atoms with Crippen molar-refractivity contribution in [2.24, 2.45) is 0 Å². The summed E-state index contributed by atoms with van der Waals surface area (Å²) < 4.78 is 10.6. The lowest BCUT2D eigenvalue weighted by Crippen LogP contribution is -2.30. The van der Waals surface area contributed by atoms with E-state index in [1.165, 1.54) is 0 Å². The number of aryl methyl sites for hydroxylation is 1. The van der Waals surface area contributed by atoms with Crippen LogP contribution in [0.2, 0.25) is 0 Å². The summed E-state index contributed by atoms with van der Waals surface area (Å²) in [5.41, 5.74) is 2.40. The SMILES string of the molecule is Cc1cccc(-c2ccc(C(=O)NCCCOCc3ccco3)c(=O)[nH]2)c1. The monoisotopic (exact) mass is 366 g/mol. The van der Waals surface area contributed by atoms with E-state index in [1.807, 2.05) is 37.3 Å². The van der Waals surface area contributed by atoms with Gasteiger partial charge in [0.05, 0.1) is 6.26 Å². The highest BCUT2D eigenvalue weighted by Gasteiger charge is 2.11.